The molecule has 14 rings (SSSR count). The highest BCUT2D eigenvalue weighted by Crippen LogP contribution is 2.51. The molecule has 0 aliphatic heterocycles. The molecule has 4 heterocycles. The molecule has 0 atom stereocenters. The van der Waals surface area contributed by atoms with E-state index in [0.29, 0.717) is 50.5 Å². The lowest BCUT2D eigenvalue weighted by molar-refractivity contribution is -0.142. The van der Waals surface area contributed by atoms with Crippen LogP contribution in [-0.2, 0) is 12.4 Å². The zero-order valence-corrected chi connectivity index (χ0v) is 38.7. The maximum absolute atomic E-state index is 15.8. The summed E-state index contributed by atoms with van der Waals surface area (Å²) in [5.74, 6) is 0. The molecular weight excluding hydrogens is 941 g/mol. The molecule has 74 heavy (non-hydrogen) atoms. The minimum absolute atomic E-state index is 0.0190. The summed E-state index contributed by atoms with van der Waals surface area (Å²) < 4.78 is 103. The van der Waals surface area contributed by atoms with Crippen molar-refractivity contribution >= 4 is 87.2 Å². The van der Waals surface area contributed by atoms with Gasteiger partial charge in [0, 0.05) is 65.6 Å². The summed E-state index contributed by atoms with van der Waals surface area (Å²) in [5, 5.41) is 18.1. The van der Waals surface area contributed by atoms with Crippen molar-refractivity contribution < 1.29 is 26.3 Å². The van der Waals surface area contributed by atoms with Crippen LogP contribution < -0.4 is 0 Å². The summed E-state index contributed by atoms with van der Waals surface area (Å²) >= 11 is 0. The normalized spacial score (nSPS) is 12.4. The topological polar surface area (TPSA) is 43.5 Å². The summed E-state index contributed by atoms with van der Waals surface area (Å²) in [6, 6.07) is 65.5. The van der Waals surface area contributed by atoms with Gasteiger partial charge in [0.05, 0.1) is 72.2 Å². The molecule has 0 aliphatic carbocycles. The Morgan fingerprint density at radius 3 is 1.04 bits per heavy atom. The molecule has 0 saturated carbocycles. The Morgan fingerprint density at radius 2 is 0.662 bits per heavy atom. The first-order valence-corrected chi connectivity index (χ1v) is 23.9. The van der Waals surface area contributed by atoms with Gasteiger partial charge in [0.2, 0.25) is 0 Å². The first kappa shape index (κ1) is 43.3. The van der Waals surface area contributed by atoms with Gasteiger partial charge in [-0.2, -0.15) is 31.6 Å². The number of halogens is 6. The molecule has 14 aromatic rings. The van der Waals surface area contributed by atoms with Crippen molar-refractivity contribution in [3.8, 4) is 39.9 Å². The van der Waals surface area contributed by atoms with Crippen LogP contribution in [0.4, 0.5) is 26.3 Å². The molecule has 0 amide bonds. The van der Waals surface area contributed by atoms with E-state index in [9.17, 15) is 5.26 Å². The predicted molar refractivity (Wildman–Crippen MR) is 284 cm³/mol. The Bertz CT molecular complexity index is 4670. The van der Waals surface area contributed by atoms with Crippen LogP contribution in [0.5, 0.6) is 0 Å². The Balaban J connectivity index is 1.22. The van der Waals surface area contributed by atoms with Crippen LogP contribution in [0, 0.1) is 11.3 Å². The molecule has 0 saturated heterocycles. The van der Waals surface area contributed by atoms with Gasteiger partial charge in [-0.05, 0) is 72.8 Å². The summed E-state index contributed by atoms with van der Waals surface area (Å²) in [7, 11) is 0. The van der Waals surface area contributed by atoms with Crippen molar-refractivity contribution in [3.63, 3.8) is 0 Å². The lowest BCUT2D eigenvalue weighted by atomic mass is 9.90. The standard InChI is InChI=1S/C63H35F6N5/c64-62(65,66)49-24-15-25-50(63(67,68)69)57(49)48-35-55(73-53-28-13-9-22-42(53)46-32-30-44-40-20-7-11-26-51(40)71(58(44)60(46)73)38-16-3-1-4-17-38)37(36-70)34-56(48)74-54-29-14-10-23-43(54)47-33-31-45-41-21-8-12-27-52(41)72(59(45)61(47)74)39-18-5-2-6-19-39/h1-35H. The minimum atomic E-state index is -5.24. The van der Waals surface area contributed by atoms with Crippen LogP contribution in [0.2, 0.25) is 0 Å². The molecule has 10 aromatic carbocycles. The monoisotopic (exact) mass is 975 g/mol. The highest BCUT2D eigenvalue weighted by molar-refractivity contribution is 6.25. The van der Waals surface area contributed by atoms with Gasteiger partial charge in [0.15, 0.2) is 0 Å². The third kappa shape index (κ3) is 6.12. The molecule has 0 N–H and O–H groups in total. The van der Waals surface area contributed by atoms with E-state index in [1.54, 1.807) is 10.6 Å². The number of nitrogens with zero attached hydrogens (tertiary/aromatic N) is 5. The summed E-state index contributed by atoms with van der Waals surface area (Å²) in [6.45, 7) is 0. The molecule has 0 fully saturated rings. The van der Waals surface area contributed by atoms with Crippen LogP contribution in [0.3, 0.4) is 0 Å². The quantitative estimate of drug-likeness (QED) is 0.159. The number of hydrogen-bond donors (Lipinski definition) is 0. The Hall–Kier alpha value is -9.53. The Kier molecular flexibility index (Phi) is 9.20. The Morgan fingerprint density at radius 1 is 0.324 bits per heavy atom. The molecule has 0 unspecified atom stereocenters. The lowest BCUT2D eigenvalue weighted by Gasteiger charge is -2.24. The first-order valence-electron chi connectivity index (χ1n) is 23.9. The van der Waals surface area contributed by atoms with Gasteiger partial charge in [-0.15, -0.1) is 0 Å². The van der Waals surface area contributed by atoms with Gasteiger partial charge in [0.25, 0.3) is 0 Å². The van der Waals surface area contributed by atoms with E-state index < -0.39 is 29.0 Å². The Labute approximate surface area is 416 Å². The minimum Gasteiger partial charge on any atom is -0.307 e. The van der Waals surface area contributed by atoms with E-state index in [0.717, 1.165) is 66.3 Å². The van der Waals surface area contributed by atoms with E-state index >= 15 is 26.3 Å². The number of aromatic nitrogens is 4. The van der Waals surface area contributed by atoms with E-state index in [4.69, 9.17) is 0 Å². The second-order valence-electron chi connectivity index (χ2n) is 18.5. The number of nitriles is 1. The number of para-hydroxylation sites is 6. The smallest absolute Gasteiger partial charge is 0.307 e. The van der Waals surface area contributed by atoms with Gasteiger partial charge in [-0.1, -0.05) is 140 Å². The van der Waals surface area contributed by atoms with Gasteiger partial charge in [-0.3, -0.25) is 0 Å². The molecule has 0 radical (unpaired) electrons. The summed E-state index contributed by atoms with van der Waals surface area (Å²) in [4.78, 5) is 0. The lowest BCUT2D eigenvalue weighted by Crippen LogP contribution is -2.15. The third-order valence-electron chi connectivity index (χ3n) is 14.6. The van der Waals surface area contributed by atoms with E-state index in [1.807, 2.05) is 180 Å². The second kappa shape index (κ2) is 15.7. The maximum atomic E-state index is 15.8. The fourth-order valence-corrected chi connectivity index (χ4v) is 11.7. The molecular formula is C63H35F6N5. The number of fused-ring (bicyclic) bond motifs is 14. The first-order chi connectivity index (χ1) is 36.0. The van der Waals surface area contributed by atoms with Crippen molar-refractivity contribution in [1.82, 2.24) is 18.3 Å². The average molecular weight is 976 g/mol. The van der Waals surface area contributed by atoms with Gasteiger partial charge >= 0.3 is 12.4 Å². The maximum Gasteiger partial charge on any atom is 0.417 e. The van der Waals surface area contributed by atoms with Crippen molar-refractivity contribution in [1.29, 1.82) is 5.26 Å². The fourth-order valence-electron chi connectivity index (χ4n) is 11.7. The fraction of sp³-hybridized carbons (Fsp3) is 0.0317. The van der Waals surface area contributed by atoms with Gasteiger partial charge < -0.3 is 18.3 Å². The van der Waals surface area contributed by atoms with E-state index in [2.05, 4.69) is 15.2 Å². The van der Waals surface area contributed by atoms with Gasteiger partial charge in [0.1, 0.15) is 6.07 Å². The van der Waals surface area contributed by atoms with Crippen molar-refractivity contribution in [2.45, 2.75) is 12.4 Å². The largest absolute Gasteiger partial charge is 0.417 e. The number of benzene rings is 10. The van der Waals surface area contributed by atoms with Crippen molar-refractivity contribution in [3.05, 3.63) is 229 Å². The van der Waals surface area contributed by atoms with Crippen LogP contribution in [-0.4, -0.2) is 18.3 Å². The molecule has 0 spiro atoms. The molecule has 4 aromatic heterocycles. The highest BCUT2D eigenvalue weighted by atomic mass is 19.4. The number of rotatable bonds is 5. The molecule has 11 heteroatoms. The third-order valence-corrected chi connectivity index (χ3v) is 14.6. The summed E-state index contributed by atoms with van der Waals surface area (Å²) in [5.41, 5.74) is 2.75. The predicted octanol–water partition coefficient (Wildman–Crippen LogP) is 17.7. The molecule has 5 nitrogen and oxygen atoms in total. The zero-order valence-electron chi connectivity index (χ0n) is 38.7. The molecule has 0 bridgehead atoms. The summed E-state index contributed by atoms with van der Waals surface area (Å²) in [6.07, 6.45) is -10.5. The van der Waals surface area contributed by atoms with Crippen LogP contribution in [0.15, 0.2) is 212 Å². The van der Waals surface area contributed by atoms with E-state index in [-0.39, 0.29) is 22.5 Å². The molecule has 0 aliphatic rings. The highest BCUT2D eigenvalue weighted by Gasteiger charge is 2.42. The van der Waals surface area contributed by atoms with Crippen molar-refractivity contribution in [2.24, 2.45) is 0 Å². The second-order valence-corrected chi connectivity index (χ2v) is 18.5. The molecule has 354 valence electrons. The number of alkyl halides is 6. The zero-order chi connectivity index (χ0) is 50.2. The van der Waals surface area contributed by atoms with Crippen molar-refractivity contribution in [2.75, 3.05) is 0 Å². The number of hydrogen-bond acceptors (Lipinski definition) is 1. The van der Waals surface area contributed by atoms with E-state index in [1.165, 1.54) is 12.1 Å². The van der Waals surface area contributed by atoms with Crippen LogP contribution >= 0.6 is 0 Å². The van der Waals surface area contributed by atoms with Crippen LogP contribution in [0.1, 0.15) is 16.7 Å². The SMILES string of the molecule is N#Cc1cc(-n2c3ccccc3c3ccc4c5ccccc5n(-c5ccccc5)c4c32)c(-c2c(C(F)(F)F)cccc2C(F)(F)F)cc1-n1c2ccccc2c2ccc3c4ccccc4n(-c4ccccc4)c3c21. The van der Waals surface area contributed by atoms with Crippen LogP contribution in [0.25, 0.3) is 121 Å². The average Bonchev–Trinajstić information content (AvgIpc) is 4.21. The van der Waals surface area contributed by atoms with Gasteiger partial charge in [-0.25, -0.2) is 0 Å².